The van der Waals surface area contributed by atoms with Gasteiger partial charge >= 0.3 is 0 Å². The van der Waals surface area contributed by atoms with Crippen molar-refractivity contribution in [2.45, 2.75) is 13.0 Å². The van der Waals surface area contributed by atoms with Crippen LogP contribution in [0.1, 0.15) is 11.1 Å². The summed E-state index contributed by atoms with van der Waals surface area (Å²) in [6.07, 6.45) is 0.973. The van der Waals surface area contributed by atoms with E-state index in [1.165, 1.54) is 11.1 Å². The number of nitrogen functional groups attached to an aromatic ring is 1. The van der Waals surface area contributed by atoms with Gasteiger partial charge in [-0.25, -0.2) is 0 Å². The van der Waals surface area contributed by atoms with Crippen LogP contribution in [0.15, 0.2) is 18.2 Å². The van der Waals surface area contributed by atoms with E-state index in [0.29, 0.717) is 6.54 Å². The van der Waals surface area contributed by atoms with Gasteiger partial charge in [-0.2, -0.15) is 0 Å². The van der Waals surface area contributed by atoms with Crippen molar-refractivity contribution < 1.29 is 4.79 Å². The second kappa shape index (κ2) is 4.75. The SMILES string of the molecule is CN(C)C(=O)CN1CCc2cccc(N)c2C1. The van der Waals surface area contributed by atoms with E-state index >= 15 is 0 Å². The van der Waals surface area contributed by atoms with Gasteiger partial charge in [-0.05, 0) is 23.6 Å². The predicted molar refractivity (Wildman–Crippen MR) is 68.5 cm³/mol. The normalized spacial score (nSPS) is 15.4. The quantitative estimate of drug-likeness (QED) is 0.766. The highest BCUT2D eigenvalue weighted by Gasteiger charge is 2.20. The van der Waals surface area contributed by atoms with Crippen LogP contribution in [-0.2, 0) is 17.8 Å². The van der Waals surface area contributed by atoms with Crippen molar-refractivity contribution in [2.75, 3.05) is 32.9 Å². The van der Waals surface area contributed by atoms with Gasteiger partial charge in [0.25, 0.3) is 0 Å². The smallest absolute Gasteiger partial charge is 0.236 e. The number of carbonyl (C=O) groups excluding carboxylic acids is 1. The van der Waals surface area contributed by atoms with Crippen molar-refractivity contribution in [3.63, 3.8) is 0 Å². The van der Waals surface area contributed by atoms with Crippen LogP contribution in [0, 0.1) is 0 Å². The second-order valence-electron chi connectivity index (χ2n) is 4.73. The van der Waals surface area contributed by atoms with Gasteiger partial charge in [0.2, 0.25) is 5.91 Å². The lowest BCUT2D eigenvalue weighted by Gasteiger charge is -2.29. The van der Waals surface area contributed by atoms with E-state index in [0.717, 1.165) is 25.2 Å². The predicted octanol–water partition coefficient (Wildman–Crippen LogP) is 0.715. The Morgan fingerprint density at radius 1 is 1.47 bits per heavy atom. The third kappa shape index (κ3) is 2.58. The van der Waals surface area contributed by atoms with Crippen molar-refractivity contribution in [3.05, 3.63) is 29.3 Å². The molecule has 1 aromatic rings. The van der Waals surface area contributed by atoms with E-state index in [9.17, 15) is 4.79 Å². The Bertz CT molecular complexity index is 429. The van der Waals surface area contributed by atoms with Crippen LogP contribution < -0.4 is 5.73 Å². The standard InChI is InChI=1S/C13H19N3O/c1-15(2)13(17)9-16-7-6-10-4-3-5-12(14)11(10)8-16/h3-5H,6-9,14H2,1-2H3. The molecule has 1 aliphatic heterocycles. The summed E-state index contributed by atoms with van der Waals surface area (Å²) in [7, 11) is 3.57. The number of nitrogens with two attached hydrogens (primary N) is 1. The monoisotopic (exact) mass is 233 g/mol. The second-order valence-corrected chi connectivity index (χ2v) is 4.73. The highest BCUT2D eigenvalue weighted by Crippen LogP contribution is 2.23. The molecule has 0 saturated carbocycles. The minimum Gasteiger partial charge on any atom is -0.398 e. The Morgan fingerprint density at radius 2 is 2.24 bits per heavy atom. The van der Waals surface area contributed by atoms with Gasteiger partial charge in [0.1, 0.15) is 0 Å². The molecule has 17 heavy (non-hydrogen) atoms. The number of carbonyl (C=O) groups is 1. The third-order valence-corrected chi connectivity index (χ3v) is 3.25. The maximum Gasteiger partial charge on any atom is 0.236 e. The summed E-state index contributed by atoms with van der Waals surface area (Å²) in [5.41, 5.74) is 9.31. The van der Waals surface area contributed by atoms with Crippen LogP contribution >= 0.6 is 0 Å². The van der Waals surface area contributed by atoms with Crippen molar-refractivity contribution in [1.82, 2.24) is 9.80 Å². The summed E-state index contributed by atoms with van der Waals surface area (Å²) in [4.78, 5) is 15.4. The fraction of sp³-hybridized carbons (Fsp3) is 0.462. The number of amides is 1. The highest BCUT2D eigenvalue weighted by atomic mass is 16.2. The lowest BCUT2D eigenvalue weighted by atomic mass is 9.98. The minimum atomic E-state index is 0.142. The van der Waals surface area contributed by atoms with Crippen LogP contribution in [0.25, 0.3) is 0 Å². The summed E-state index contributed by atoms with van der Waals surface area (Å²) in [6.45, 7) is 2.18. The number of fused-ring (bicyclic) bond motifs is 1. The number of benzene rings is 1. The summed E-state index contributed by atoms with van der Waals surface area (Å²) in [5.74, 6) is 0.142. The Kier molecular flexibility index (Phi) is 3.33. The van der Waals surface area contributed by atoms with Gasteiger partial charge in [0.05, 0.1) is 6.54 Å². The fourth-order valence-corrected chi connectivity index (χ4v) is 2.13. The molecule has 0 spiro atoms. The summed E-state index contributed by atoms with van der Waals surface area (Å²) in [6, 6.07) is 6.04. The number of likely N-dealkylation sites (N-methyl/N-ethyl adjacent to an activating group) is 1. The highest BCUT2D eigenvalue weighted by molar-refractivity contribution is 5.77. The molecule has 2 rings (SSSR count). The minimum absolute atomic E-state index is 0.142. The van der Waals surface area contributed by atoms with E-state index in [1.807, 2.05) is 12.1 Å². The number of nitrogens with zero attached hydrogens (tertiary/aromatic N) is 2. The number of anilines is 1. The summed E-state index contributed by atoms with van der Waals surface area (Å²) < 4.78 is 0. The maximum absolute atomic E-state index is 11.7. The van der Waals surface area contributed by atoms with Crippen LogP contribution in [0.3, 0.4) is 0 Å². The van der Waals surface area contributed by atoms with Crippen LogP contribution in [0.4, 0.5) is 5.69 Å². The topological polar surface area (TPSA) is 49.6 Å². The Morgan fingerprint density at radius 3 is 2.94 bits per heavy atom. The van der Waals surface area contributed by atoms with Gasteiger partial charge in [-0.3, -0.25) is 9.69 Å². The molecular weight excluding hydrogens is 214 g/mol. The molecule has 0 radical (unpaired) electrons. The molecule has 92 valence electrons. The van der Waals surface area contributed by atoms with E-state index in [-0.39, 0.29) is 5.91 Å². The summed E-state index contributed by atoms with van der Waals surface area (Å²) >= 11 is 0. The molecule has 0 aromatic heterocycles. The number of rotatable bonds is 2. The Balaban J connectivity index is 2.08. The first-order valence-corrected chi connectivity index (χ1v) is 5.86. The fourth-order valence-electron chi connectivity index (χ4n) is 2.13. The molecule has 2 N–H and O–H groups in total. The first kappa shape index (κ1) is 11.9. The molecule has 1 aromatic carbocycles. The van der Waals surface area contributed by atoms with E-state index in [4.69, 9.17) is 5.73 Å². The first-order chi connectivity index (χ1) is 8.08. The van der Waals surface area contributed by atoms with Gasteiger partial charge in [-0.1, -0.05) is 12.1 Å². The molecule has 0 unspecified atom stereocenters. The Labute approximate surface area is 102 Å². The van der Waals surface area contributed by atoms with E-state index in [1.54, 1.807) is 19.0 Å². The molecule has 1 heterocycles. The van der Waals surface area contributed by atoms with Crippen LogP contribution in [-0.4, -0.2) is 42.9 Å². The number of hydrogen-bond donors (Lipinski definition) is 1. The van der Waals surface area contributed by atoms with Crippen LogP contribution in [0.5, 0.6) is 0 Å². The molecule has 1 amide bonds. The zero-order chi connectivity index (χ0) is 12.4. The average Bonchev–Trinajstić information content (AvgIpc) is 2.30. The Hall–Kier alpha value is -1.55. The zero-order valence-electron chi connectivity index (χ0n) is 10.4. The molecular formula is C13H19N3O. The molecule has 0 saturated heterocycles. The van der Waals surface area contributed by atoms with Crippen molar-refractivity contribution in [2.24, 2.45) is 0 Å². The molecule has 0 bridgehead atoms. The largest absolute Gasteiger partial charge is 0.398 e. The van der Waals surface area contributed by atoms with Crippen molar-refractivity contribution >= 4 is 11.6 Å². The van der Waals surface area contributed by atoms with Gasteiger partial charge in [0, 0.05) is 32.9 Å². The first-order valence-electron chi connectivity index (χ1n) is 5.86. The number of hydrogen-bond acceptors (Lipinski definition) is 3. The molecule has 1 aliphatic rings. The van der Waals surface area contributed by atoms with Crippen LogP contribution in [0.2, 0.25) is 0 Å². The molecule has 0 atom stereocenters. The molecule has 0 aliphatic carbocycles. The molecule has 0 fully saturated rings. The van der Waals surface area contributed by atoms with E-state index in [2.05, 4.69) is 11.0 Å². The van der Waals surface area contributed by atoms with E-state index < -0.39 is 0 Å². The lowest BCUT2D eigenvalue weighted by molar-refractivity contribution is -0.130. The zero-order valence-corrected chi connectivity index (χ0v) is 10.4. The maximum atomic E-state index is 11.7. The van der Waals surface area contributed by atoms with Crippen molar-refractivity contribution in [3.8, 4) is 0 Å². The average molecular weight is 233 g/mol. The van der Waals surface area contributed by atoms with Gasteiger partial charge < -0.3 is 10.6 Å². The van der Waals surface area contributed by atoms with Gasteiger partial charge in [0.15, 0.2) is 0 Å². The van der Waals surface area contributed by atoms with Gasteiger partial charge in [-0.15, -0.1) is 0 Å². The molecule has 4 nitrogen and oxygen atoms in total. The molecule has 4 heteroatoms. The summed E-state index contributed by atoms with van der Waals surface area (Å²) in [5, 5.41) is 0. The lowest BCUT2D eigenvalue weighted by Crippen LogP contribution is -2.39. The third-order valence-electron chi connectivity index (χ3n) is 3.25. The van der Waals surface area contributed by atoms with Crippen molar-refractivity contribution in [1.29, 1.82) is 0 Å².